The van der Waals surface area contributed by atoms with Crippen LogP contribution in [0.5, 0.6) is 0 Å². The van der Waals surface area contributed by atoms with E-state index in [-0.39, 0.29) is 12.1 Å². The van der Waals surface area contributed by atoms with Crippen molar-refractivity contribution in [2.24, 2.45) is 0 Å². The van der Waals surface area contributed by atoms with Crippen LogP contribution >= 0.6 is 0 Å². The summed E-state index contributed by atoms with van der Waals surface area (Å²) < 4.78 is 18.3. The van der Waals surface area contributed by atoms with E-state index in [1.807, 2.05) is 48.5 Å². The summed E-state index contributed by atoms with van der Waals surface area (Å²) >= 11 is 0. The van der Waals surface area contributed by atoms with Crippen molar-refractivity contribution in [2.45, 2.75) is 0 Å². The summed E-state index contributed by atoms with van der Waals surface area (Å²) in [6.45, 7) is 0. The number of hydrogen-bond donors (Lipinski definition) is 0. The lowest BCUT2D eigenvalue weighted by molar-refractivity contribution is 1.30. The lowest BCUT2D eigenvalue weighted by Gasteiger charge is -2.27. The maximum atomic E-state index is 9.20. The van der Waals surface area contributed by atoms with Crippen LogP contribution in [-0.2, 0) is 0 Å². The van der Waals surface area contributed by atoms with Crippen LogP contribution in [-0.4, -0.2) is 0 Å². The minimum atomic E-state index is 0.200. The molecule has 45 heavy (non-hydrogen) atoms. The molecule has 210 valence electrons. The zero-order valence-electron chi connectivity index (χ0n) is 26.5. The molecule has 0 bridgehead atoms. The van der Waals surface area contributed by atoms with Crippen molar-refractivity contribution >= 4 is 83.0 Å². The Bertz CT molecular complexity index is 2620. The van der Waals surface area contributed by atoms with Crippen molar-refractivity contribution < 1.29 is 2.74 Å². The van der Waals surface area contributed by atoms with Gasteiger partial charge in [-0.15, -0.1) is 0 Å². The molecule has 0 radical (unpaired) electrons. The highest BCUT2D eigenvalue weighted by atomic mass is 15.1. The van der Waals surface area contributed by atoms with Gasteiger partial charge in [0.05, 0.1) is 8.43 Å². The molecule has 9 aromatic rings. The number of para-hydroxylation sites is 1. The SMILES string of the molecule is [2H]/C(=C(/[2H])c1cc2ccccc2c2ccccc12)c1ccc(N(c2ccccc2)c2ccc3ccc4cccc5ccc2c3c45)cc1. The maximum absolute atomic E-state index is 9.20. The van der Waals surface area contributed by atoms with Gasteiger partial charge in [-0.3, -0.25) is 0 Å². The van der Waals surface area contributed by atoms with Crippen LogP contribution in [0, 0.1) is 0 Å². The van der Waals surface area contributed by atoms with Crippen molar-refractivity contribution in [1.82, 2.24) is 0 Å². The van der Waals surface area contributed by atoms with Gasteiger partial charge in [-0.25, -0.2) is 0 Å². The average Bonchev–Trinajstić information content (AvgIpc) is 3.14. The number of hydrogen-bond acceptors (Lipinski definition) is 1. The molecule has 0 spiro atoms. The van der Waals surface area contributed by atoms with Gasteiger partial charge in [0.1, 0.15) is 0 Å². The van der Waals surface area contributed by atoms with E-state index < -0.39 is 0 Å². The van der Waals surface area contributed by atoms with Crippen LogP contribution in [0.1, 0.15) is 13.9 Å². The lowest BCUT2D eigenvalue weighted by atomic mass is 9.93. The molecule has 0 amide bonds. The standard InChI is InChI=1S/C44H29N/c1-2-12-36(13-3-1)45(42-28-24-33-22-21-31-10-8-11-32-23-27-41(42)44(33)43(31)32)37-25-18-30(19-26-37)17-20-35-29-34-9-4-5-14-38(34)40-16-7-6-15-39(35)40/h1-29H/b20-17+/i17D,20D. The Labute approximate surface area is 265 Å². The molecule has 0 unspecified atom stereocenters. The monoisotopic (exact) mass is 573 g/mol. The molecule has 0 aliphatic rings. The molecule has 0 aromatic heterocycles. The fourth-order valence-corrected chi connectivity index (χ4v) is 6.91. The van der Waals surface area contributed by atoms with Crippen molar-refractivity contribution in [2.75, 3.05) is 4.90 Å². The smallest absolute Gasteiger partial charge is 0.0629 e. The topological polar surface area (TPSA) is 3.24 Å². The molecule has 0 saturated carbocycles. The van der Waals surface area contributed by atoms with Crippen molar-refractivity contribution in [3.8, 4) is 0 Å². The summed E-state index contributed by atoms with van der Waals surface area (Å²) in [5.41, 5.74) is 4.62. The summed E-state index contributed by atoms with van der Waals surface area (Å²) in [4.78, 5) is 2.29. The molecule has 0 aliphatic heterocycles. The highest BCUT2D eigenvalue weighted by Gasteiger charge is 2.18. The van der Waals surface area contributed by atoms with Gasteiger partial charge < -0.3 is 4.90 Å². The van der Waals surface area contributed by atoms with Gasteiger partial charge in [0, 0.05) is 16.8 Å². The molecule has 0 N–H and O–H groups in total. The Morgan fingerprint density at radius 1 is 0.400 bits per heavy atom. The molecule has 0 atom stereocenters. The molecular formula is C44H29N. The molecule has 9 aromatic carbocycles. The van der Waals surface area contributed by atoms with Gasteiger partial charge in [-0.1, -0.05) is 139 Å². The molecule has 1 heteroatoms. The van der Waals surface area contributed by atoms with E-state index in [2.05, 4.69) is 120 Å². The number of fused-ring (bicyclic) bond motifs is 3. The second-order valence-corrected chi connectivity index (χ2v) is 11.6. The van der Waals surface area contributed by atoms with E-state index in [0.29, 0.717) is 5.56 Å². The Hall–Kier alpha value is -5.92. The van der Waals surface area contributed by atoms with E-state index >= 15 is 0 Å². The number of benzene rings is 9. The van der Waals surface area contributed by atoms with Crippen LogP contribution in [0.3, 0.4) is 0 Å². The Morgan fingerprint density at radius 2 is 1.00 bits per heavy atom. The summed E-state index contributed by atoms with van der Waals surface area (Å²) in [5, 5.41) is 11.8. The highest BCUT2D eigenvalue weighted by Crippen LogP contribution is 2.43. The quantitative estimate of drug-likeness (QED) is 0.146. The molecule has 1 nitrogen and oxygen atoms in total. The summed E-state index contributed by atoms with van der Waals surface area (Å²) in [5.74, 6) is 0. The van der Waals surface area contributed by atoms with Gasteiger partial charge in [0.25, 0.3) is 0 Å². The largest absolute Gasteiger partial charge is 0.310 e. The van der Waals surface area contributed by atoms with Gasteiger partial charge in [-0.2, -0.15) is 0 Å². The predicted molar refractivity (Wildman–Crippen MR) is 195 cm³/mol. The van der Waals surface area contributed by atoms with E-state index in [1.165, 1.54) is 32.3 Å². The van der Waals surface area contributed by atoms with Crippen molar-refractivity contribution in [3.63, 3.8) is 0 Å². The second kappa shape index (κ2) is 10.4. The van der Waals surface area contributed by atoms with E-state index in [4.69, 9.17) is 1.37 Å². The molecule has 0 aliphatic carbocycles. The number of anilines is 3. The van der Waals surface area contributed by atoms with E-state index in [1.54, 1.807) is 0 Å². The first-order valence-corrected chi connectivity index (χ1v) is 15.4. The molecule has 0 saturated heterocycles. The first kappa shape index (κ1) is 23.5. The van der Waals surface area contributed by atoms with E-state index in [0.717, 1.165) is 44.2 Å². The van der Waals surface area contributed by atoms with E-state index in [9.17, 15) is 1.37 Å². The Balaban J connectivity index is 1.19. The van der Waals surface area contributed by atoms with Crippen molar-refractivity contribution in [3.05, 3.63) is 175 Å². The zero-order valence-corrected chi connectivity index (χ0v) is 24.5. The summed E-state index contributed by atoms with van der Waals surface area (Å²) in [7, 11) is 0. The van der Waals surface area contributed by atoms with Crippen molar-refractivity contribution in [1.29, 1.82) is 0 Å². The third-order valence-electron chi connectivity index (χ3n) is 9.00. The molecule has 0 fully saturated rings. The van der Waals surface area contributed by atoms with Crippen LogP contribution in [0.15, 0.2) is 164 Å². The van der Waals surface area contributed by atoms with Gasteiger partial charge in [0.2, 0.25) is 0 Å². The van der Waals surface area contributed by atoms with Gasteiger partial charge >= 0.3 is 0 Å². The summed E-state index contributed by atoms with van der Waals surface area (Å²) in [6, 6.07) is 57.3. The highest BCUT2D eigenvalue weighted by molar-refractivity contribution is 6.25. The second-order valence-electron chi connectivity index (χ2n) is 11.6. The van der Waals surface area contributed by atoms with Crippen LogP contribution in [0.25, 0.3) is 66.0 Å². The molecular weight excluding hydrogens is 542 g/mol. The Kier molecular flexibility index (Phi) is 5.42. The van der Waals surface area contributed by atoms with Crippen LogP contribution in [0.4, 0.5) is 17.1 Å². The maximum Gasteiger partial charge on any atom is 0.0629 e. The Morgan fingerprint density at radius 3 is 1.80 bits per heavy atom. The van der Waals surface area contributed by atoms with Crippen LogP contribution < -0.4 is 4.90 Å². The van der Waals surface area contributed by atoms with Gasteiger partial charge in [-0.05, 0) is 96.0 Å². The molecule has 0 heterocycles. The zero-order chi connectivity index (χ0) is 31.5. The number of rotatable bonds is 5. The fourth-order valence-electron chi connectivity index (χ4n) is 6.91. The fraction of sp³-hybridized carbons (Fsp3) is 0. The molecule has 9 rings (SSSR count). The first-order chi connectivity index (χ1) is 23.2. The third-order valence-corrected chi connectivity index (χ3v) is 9.00. The van der Waals surface area contributed by atoms with Gasteiger partial charge in [0.15, 0.2) is 0 Å². The third kappa shape index (κ3) is 4.24. The minimum absolute atomic E-state index is 0.200. The minimum Gasteiger partial charge on any atom is -0.310 e. The van der Waals surface area contributed by atoms with Crippen LogP contribution in [0.2, 0.25) is 0 Å². The first-order valence-electron chi connectivity index (χ1n) is 16.4. The lowest BCUT2D eigenvalue weighted by Crippen LogP contribution is -2.10. The summed E-state index contributed by atoms with van der Waals surface area (Å²) in [6.07, 6.45) is 0. The predicted octanol–water partition coefficient (Wildman–Crippen LogP) is 12.5. The number of nitrogens with zero attached hydrogens (tertiary/aromatic N) is 1. The average molecular weight is 574 g/mol. The normalized spacial score (nSPS) is 13.0.